The summed E-state index contributed by atoms with van der Waals surface area (Å²) in [6, 6.07) is 13.2. The normalized spacial score (nSPS) is 11.4. The molecule has 0 aliphatic rings. The molecule has 0 heterocycles. The molecule has 0 amide bonds. The minimum atomic E-state index is 0. The zero-order valence-corrected chi connectivity index (χ0v) is 25.1. The third-order valence-corrected chi connectivity index (χ3v) is 5.77. The van der Waals surface area contributed by atoms with Crippen molar-refractivity contribution in [1.29, 1.82) is 0 Å². The van der Waals surface area contributed by atoms with Gasteiger partial charge in [-0.25, -0.2) is 0 Å². The van der Waals surface area contributed by atoms with Crippen LogP contribution in [-0.2, 0) is 20.4 Å². The van der Waals surface area contributed by atoms with E-state index in [2.05, 4.69) is 106 Å². The Morgan fingerprint density at radius 3 is 0.919 bits per heavy atom. The van der Waals surface area contributed by atoms with E-state index in [1.54, 1.807) is 0 Å². The Hall–Kier alpha value is -2.76. The standard InChI is InChI=1S/C28H40N2.2HNO2.Pd/c1-17(2)23-13-11-14-24(18(3)4)27(23)29-21(9)22(10)30-28-25(19(5)6)15-12-16-26(28)20(7)8;2*2-1-3;/h11-20H,1-10H3;2*(H,2,3);/q;;;+2/p-2. The van der Waals surface area contributed by atoms with Gasteiger partial charge in [-0.05, 0) is 59.8 Å². The largest absolute Gasteiger partial charge is 2.00 e. The SMILES string of the molecule is CC(=Nc1c(C(C)C)cccc1C(C)C)C(C)=Nc1c(C(C)C)cccc1C(C)C.O=N[O-].O=N[O-].[Pd+2]. The molecule has 0 aliphatic carbocycles. The molecule has 0 aromatic heterocycles. The zero-order valence-electron chi connectivity index (χ0n) is 23.5. The van der Waals surface area contributed by atoms with Gasteiger partial charge in [0, 0.05) is 0 Å². The summed E-state index contributed by atoms with van der Waals surface area (Å²) in [7, 11) is 0. The minimum Gasteiger partial charge on any atom is -0.444 e. The number of para-hydroxylation sites is 2. The monoisotopic (exact) mass is 602 g/mol. The number of hydrogen-bond donors (Lipinski definition) is 0. The molecule has 0 spiro atoms. The second-order valence-electron chi connectivity index (χ2n) is 9.73. The first kappa shape index (κ1) is 36.4. The van der Waals surface area contributed by atoms with E-state index in [4.69, 9.17) is 30.2 Å². The minimum absolute atomic E-state index is 0. The van der Waals surface area contributed by atoms with Crippen LogP contribution >= 0.6 is 0 Å². The van der Waals surface area contributed by atoms with Crippen LogP contribution in [0, 0.1) is 20.2 Å². The number of benzene rings is 2. The maximum atomic E-state index is 8.00. The van der Waals surface area contributed by atoms with Gasteiger partial charge in [-0.3, -0.25) is 9.98 Å². The van der Waals surface area contributed by atoms with Crippen LogP contribution in [0.1, 0.15) is 115 Å². The van der Waals surface area contributed by atoms with Crippen molar-refractivity contribution in [2.24, 2.45) is 20.7 Å². The fourth-order valence-electron chi connectivity index (χ4n) is 3.78. The molecular weight excluding hydrogens is 563 g/mol. The Kier molecular flexibility index (Phi) is 18.2. The van der Waals surface area contributed by atoms with E-state index in [1.807, 2.05) is 0 Å². The molecule has 0 fully saturated rings. The third-order valence-electron chi connectivity index (χ3n) is 5.77. The first-order valence-electron chi connectivity index (χ1n) is 12.1. The summed E-state index contributed by atoms with van der Waals surface area (Å²) in [6.45, 7) is 22.1. The molecule has 0 bridgehead atoms. The van der Waals surface area contributed by atoms with Crippen molar-refractivity contribution in [1.82, 2.24) is 0 Å². The van der Waals surface area contributed by atoms with Crippen molar-refractivity contribution in [2.75, 3.05) is 0 Å². The Labute approximate surface area is 235 Å². The summed E-state index contributed by atoms with van der Waals surface area (Å²) in [6.07, 6.45) is 0. The predicted octanol–water partition coefficient (Wildman–Crippen LogP) is 9.56. The van der Waals surface area contributed by atoms with E-state index < -0.39 is 0 Å². The van der Waals surface area contributed by atoms with Crippen LogP contribution in [-0.4, -0.2) is 11.4 Å². The molecule has 2 aromatic rings. The van der Waals surface area contributed by atoms with E-state index in [0.717, 1.165) is 33.5 Å². The first-order valence-corrected chi connectivity index (χ1v) is 12.1. The van der Waals surface area contributed by atoms with Crippen LogP contribution in [0.5, 0.6) is 0 Å². The van der Waals surface area contributed by atoms with Crippen molar-refractivity contribution in [3.8, 4) is 0 Å². The van der Waals surface area contributed by atoms with Crippen LogP contribution in [0.3, 0.4) is 0 Å². The molecule has 8 nitrogen and oxygen atoms in total. The van der Waals surface area contributed by atoms with Crippen LogP contribution in [0.4, 0.5) is 11.4 Å². The smallest absolute Gasteiger partial charge is 0.444 e. The van der Waals surface area contributed by atoms with E-state index in [1.165, 1.54) is 22.3 Å². The van der Waals surface area contributed by atoms with E-state index in [9.17, 15) is 0 Å². The van der Waals surface area contributed by atoms with Crippen LogP contribution in [0.25, 0.3) is 0 Å². The maximum Gasteiger partial charge on any atom is 2.00 e. The Morgan fingerprint density at radius 1 is 0.568 bits per heavy atom. The number of aliphatic imine (C=N–C) groups is 2. The van der Waals surface area contributed by atoms with Gasteiger partial charge in [0.2, 0.25) is 0 Å². The number of nitrogens with zero attached hydrogens (tertiary/aromatic N) is 4. The quantitative estimate of drug-likeness (QED) is 0.135. The summed E-state index contributed by atoms with van der Waals surface area (Å²) >= 11 is 0. The average molecular weight is 603 g/mol. The second kappa shape index (κ2) is 18.5. The van der Waals surface area contributed by atoms with Crippen molar-refractivity contribution < 1.29 is 20.4 Å². The van der Waals surface area contributed by atoms with Crippen molar-refractivity contribution in [3.05, 3.63) is 78.9 Å². The maximum absolute atomic E-state index is 8.00. The van der Waals surface area contributed by atoms with E-state index >= 15 is 0 Å². The molecule has 0 saturated carbocycles. The van der Waals surface area contributed by atoms with Crippen molar-refractivity contribution in [3.63, 3.8) is 0 Å². The fraction of sp³-hybridized carbons (Fsp3) is 0.500. The van der Waals surface area contributed by atoms with Crippen molar-refractivity contribution >= 4 is 22.8 Å². The van der Waals surface area contributed by atoms with Gasteiger partial charge in [-0.15, -0.1) is 10.7 Å². The van der Waals surface area contributed by atoms with Gasteiger partial charge in [0.1, 0.15) is 0 Å². The first-order chi connectivity index (χ1) is 16.9. The Balaban J connectivity index is 0. The van der Waals surface area contributed by atoms with Crippen molar-refractivity contribution in [2.45, 2.75) is 92.9 Å². The summed E-state index contributed by atoms with van der Waals surface area (Å²) in [4.78, 5) is 26.3. The van der Waals surface area contributed by atoms with Gasteiger partial charge in [0.25, 0.3) is 0 Å². The number of rotatable bonds is 7. The summed E-state index contributed by atoms with van der Waals surface area (Å²) < 4.78 is 0. The molecule has 0 aliphatic heterocycles. The van der Waals surface area contributed by atoms with Gasteiger partial charge in [0.15, 0.2) is 0 Å². The summed E-state index contributed by atoms with van der Waals surface area (Å²) in [5.41, 5.74) is 9.43. The molecule has 2 aromatic carbocycles. The van der Waals surface area contributed by atoms with Gasteiger partial charge < -0.3 is 20.2 Å². The predicted molar refractivity (Wildman–Crippen MR) is 153 cm³/mol. The topological polar surface area (TPSA) is 130 Å². The molecule has 0 saturated heterocycles. The molecule has 9 heteroatoms. The summed E-state index contributed by atoms with van der Waals surface area (Å²) in [5, 5.41) is 18.0. The Bertz CT molecular complexity index is 912. The molecule has 0 N–H and O–H groups in total. The van der Waals surface area contributed by atoms with E-state index in [0.29, 0.717) is 23.7 Å². The Morgan fingerprint density at radius 2 is 0.757 bits per heavy atom. The van der Waals surface area contributed by atoms with Gasteiger partial charge in [-0.2, -0.15) is 0 Å². The van der Waals surface area contributed by atoms with Crippen LogP contribution in [0.2, 0.25) is 0 Å². The summed E-state index contributed by atoms with van der Waals surface area (Å²) in [5.74, 6) is 1.73. The molecule has 37 heavy (non-hydrogen) atoms. The van der Waals surface area contributed by atoms with Crippen LogP contribution in [0.15, 0.2) is 57.1 Å². The molecule has 0 radical (unpaired) electrons. The molecule has 0 unspecified atom stereocenters. The zero-order chi connectivity index (χ0) is 28.0. The van der Waals surface area contributed by atoms with Gasteiger partial charge >= 0.3 is 20.4 Å². The number of hydrogen-bond acceptors (Lipinski definition) is 8. The second-order valence-corrected chi connectivity index (χ2v) is 9.73. The van der Waals surface area contributed by atoms with E-state index in [-0.39, 0.29) is 20.4 Å². The van der Waals surface area contributed by atoms with Crippen LogP contribution < -0.4 is 0 Å². The van der Waals surface area contributed by atoms with Gasteiger partial charge in [0.05, 0.1) is 22.8 Å². The van der Waals surface area contributed by atoms with Gasteiger partial charge in [-0.1, -0.05) is 91.8 Å². The average Bonchev–Trinajstić information content (AvgIpc) is 2.79. The molecular formula is C28H40N4O4Pd. The molecule has 2 rings (SSSR count). The third kappa shape index (κ3) is 11.4. The molecule has 0 atom stereocenters. The fourth-order valence-corrected chi connectivity index (χ4v) is 3.78. The molecule has 206 valence electrons.